The van der Waals surface area contributed by atoms with E-state index in [9.17, 15) is 5.11 Å². The van der Waals surface area contributed by atoms with E-state index in [1.165, 1.54) is 19.3 Å². The van der Waals surface area contributed by atoms with Crippen LogP contribution in [0.3, 0.4) is 0 Å². The van der Waals surface area contributed by atoms with Gasteiger partial charge in [-0.2, -0.15) is 0 Å². The van der Waals surface area contributed by atoms with Crippen molar-refractivity contribution in [2.75, 3.05) is 19.6 Å². The smallest absolute Gasteiger partial charge is 0.0789 e. The van der Waals surface area contributed by atoms with E-state index in [1.807, 2.05) is 0 Å². The first-order valence-corrected chi connectivity index (χ1v) is 4.86. The lowest BCUT2D eigenvalue weighted by molar-refractivity contribution is 0.0779. The molecule has 0 bridgehead atoms. The molecule has 12 heavy (non-hydrogen) atoms. The lowest BCUT2D eigenvalue weighted by atomic mass is 10.0. The van der Waals surface area contributed by atoms with Crippen LogP contribution in [-0.2, 0) is 0 Å². The molecule has 3 nitrogen and oxygen atoms in total. The molecule has 72 valence electrons. The van der Waals surface area contributed by atoms with Crippen molar-refractivity contribution >= 4 is 0 Å². The zero-order valence-electron chi connectivity index (χ0n) is 7.87. The molecule has 1 aliphatic heterocycles. The van der Waals surface area contributed by atoms with Gasteiger partial charge < -0.3 is 10.8 Å². The van der Waals surface area contributed by atoms with Crippen LogP contribution in [0.4, 0.5) is 0 Å². The summed E-state index contributed by atoms with van der Waals surface area (Å²) < 4.78 is 0. The summed E-state index contributed by atoms with van der Waals surface area (Å²) in [7, 11) is 0. The summed E-state index contributed by atoms with van der Waals surface area (Å²) in [5.41, 5.74) is 5.36. The molecule has 0 spiro atoms. The van der Waals surface area contributed by atoms with E-state index < -0.39 is 0 Å². The number of hydrogen-bond acceptors (Lipinski definition) is 3. The zero-order valence-corrected chi connectivity index (χ0v) is 7.87. The van der Waals surface area contributed by atoms with Crippen molar-refractivity contribution in [3.8, 4) is 0 Å². The van der Waals surface area contributed by atoms with Gasteiger partial charge >= 0.3 is 0 Å². The molecular weight excluding hydrogens is 152 g/mol. The van der Waals surface area contributed by atoms with Crippen molar-refractivity contribution in [1.29, 1.82) is 0 Å². The van der Waals surface area contributed by atoms with Gasteiger partial charge in [-0.25, -0.2) is 0 Å². The van der Waals surface area contributed by atoms with Crippen LogP contribution < -0.4 is 5.73 Å². The maximum Gasteiger partial charge on any atom is 0.0789 e. The summed E-state index contributed by atoms with van der Waals surface area (Å²) in [6.45, 7) is 4.47. The molecule has 1 rings (SSSR count). The van der Waals surface area contributed by atoms with E-state index in [1.54, 1.807) is 0 Å². The minimum atomic E-state index is -0.342. The highest BCUT2D eigenvalue weighted by molar-refractivity contribution is 4.75. The Morgan fingerprint density at radius 1 is 1.58 bits per heavy atom. The van der Waals surface area contributed by atoms with Crippen molar-refractivity contribution in [2.45, 2.75) is 38.3 Å². The third-order valence-electron chi connectivity index (χ3n) is 2.66. The fraction of sp³-hybridized carbons (Fsp3) is 1.00. The predicted molar refractivity (Wildman–Crippen MR) is 49.9 cm³/mol. The number of hydrogen-bond donors (Lipinski definition) is 2. The van der Waals surface area contributed by atoms with Gasteiger partial charge in [-0.1, -0.05) is 6.42 Å². The Balaban J connectivity index is 2.28. The molecule has 0 aromatic rings. The van der Waals surface area contributed by atoms with Gasteiger partial charge in [0.25, 0.3) is 0 Å². The first kappa shape index (κ1) is 9.96. The number of aliphatic hydroxyl groups excluding tert-OH is 1. The number of aliphatic hydroxyl groups is 1. The maximum atomic E-state index is 9.36. The number of piperidine rings is 1. The molecule has 0 radical (unpaired) electrons. The lowest BCUT2D eigenvalue weighted by Crippen LogP contribution is -2.44. The van der Waals surface area contributed by atoms with Crippen LogP contribution in [0.5, 0.6) is 0 Å². The number of likely N-dealkylation sites (tertiary alicyclic amines) is 1. The summed E-state index contributed by atoms with van der Waals surface area (Å²) >= 11 is 0. The SMILES string of the molecule is C[C@H]1CCCCN1C[C@@H](O)CN. The fourth-order valence-electron chi connectivity index (χ4n) is 1.77. The van der Waals surface area contributed by atoms with Gasteiger partial charge in [0, 0.05) is 19.1 Å². The van der Waals surface area contributed by atoms with Crippen molar-refractivity contribution in [2.24, 2.45) is 5.73 Å². The average molecular weight is 172 g/mol. The molecule has 0 aromatic heterocycles. The zero-order chi connectivity index (χ0) is 8.97. The van der Waals surface area contributed by atoms with Gasteiger partial charge in [0.1, 0.15) is 0 Å². The largest absolute Gasteiger partial charge is 0.390 e. The minimum absolute atomic E-state index is 0.342. The number of β-amino-alcohol motifs (C(OH)–C–C–N with tert-alkyl or cyclic N) is 1. The van der Waals surface area contributed by atoms with Crippen LogP contribution in [0, 0.1) is 0 Å². The highest BCUT2D eigenvalue weighted by atomic mass is 16.3. The summed E-state index contributed by atoms with van der Waals surface area (Å²) in [4.78, 5) is 2.33. The molecule has 0 unspecified atom stereocenters. The summed E-state index contributed by atoms with van der Waals surface area (Å²) in [6.07, 6.45) is 3.51. The quantitative estimate of drug-likeness (QED) is 0.638. The number of nitrogens with zero attached hydrogens (tertiary/aromatic N) is 1. The molecule has 2 atom stereocenters. The van der Waals surface area contributed by atoms with Gasteiger partial charge in [-0.15, -0.1) is 0 Å². The normalized spacial score (nSPS) is 28.8. The van der Waals surface area contributed by atoms with E-state index >= 15 is 0 Å². The summed E-state index contributed by atoms with van der Waals surface area (Å²) in [6, 6.07) is 0.625. The molecule has 1 saturated heterocycles. The second-order valence-corrected chi connectivity index (χ2v) is 3.73. The van der Waals surface area contributed by atoms with E-state index in [2.05, 4.69) is 11.8 Å². The monoisotopic (exact) mass is 172 g/mol. The van der Waals surface area contributed by atoms with Crippen molar-refractivity contribution in [3.05, 3.63) is 0 Å². The molecule has 1 fully saturated rings. The summed E-state index contributed by atoms with van der Waals surface area (Å²) in [5.74, 6) is 0. The van der Waals surface area contributed by atoms with Crippen LogP contribution in [0.25, 0.3) is 0 Å². The van der Waals surface area contributed by atoms with Crippen molar-refractivity contribution < 1.29 is 5.11 Å². The molecule has 1 aliphatic rings. The Kier molecular flexibility index (Phi) is 3.98. The van der Waals surface area contributed by atoms with Crippen molar-refractivity contribution in [1.82, 2.24) is 4.90 Å². The van der Waals surface area contributed by atoms with Crippen LogP contribution in [0.2, 0.25) is 0 Å². The molecule has 0 saturated carbocycles. The molecular formula is C9H20N2O. The van der Waals surface area contributed by atoms with Gasteiger partial charge in [-0.3, -0.25) is 4.90 Å². The van der Waals surface area contributed by atoms with Crippen LogP contribution in [-0.4, -0.2) is 41.8 Å². The third kappa shape index (κ3) is 2.73. The number of nitrogens with two attached hydrogens (primary N) is 1. The Morgan fingerprint density at radius 3 is 2.92 bits per heavy atom. The maximum absolute atomic E-state index is 9.36. The van der Waals surface area contributed by atoms with Gasteiger partial charge in [-0.05, 0) is 26.3 Å². The van der Waals surface area contributed by atoms with Crippen LogP contribution >= 0.6 is 0 Å². The lowest BCUT2D eigenvalue weighted by Gasteiger charge is -2.34. The highest BCUT2D eigenvalue weighted by Gasteiger charge is 2.19. The number of rotatable bonds is 3. The van der Waals surface area contributed by atoms with E-state index in [0.717, 1.165) is 13.1 Å². The molecule has 3 N–H and O–H groups in total. The predicted octanol–water partition coefficient (Wildman–Crippen LogP) is 0.180. The van der Waals surface area contributed by atoms with Gasteiger partial charge in [0.05, 0.1) is 6.10 Å². The second kappa shape index (κ2) is 4.80. The molecule has 1 heterocycles. The Bertz CT molecular complexity index is 130. The van der Waals surface area contributed by atoms with E-state index in [-0.39, 0.29) is 6.10 Å². The molecule has 0 aromatic carbocycles. The van der Waals surface area contributed by atoms with Gasteiger partial charge in [0.15, 0.2) is 0 Å². The molecule has 0 amide bonds. The van der Waals surface area contributed by atoms with Crippen molar-refractivity contribution in [3.63, 3.8) is 0 Å². The first-order chi connectivity index (χ1) is 5.74. The van der Waals surface area contributed by atoms with Crippen LogP contribution in [0.1, 0.15) is 26.2 Å². The Hall–Kier alpha value is -0.120. The Labute approximate surface area is 74.5 Å². The second-order valence-electron chi connectivity index (χ2n) is 3.73. The molecule has 3 heteroatoms. The van der Waals surface area contributed by atoms with E-state index in [0.29, 0.717) is 12.6 Å². The minimum Gasteiger partial charge on any atom is -0.390 e. The third-order valence-corrected chi connectivity index (χ3v) is 2.66. The topological polar surface area (TPSA) is 49.5 Å². The standard InChI is InChI=1S/C9H20N2O/c1-8-4-2-3-5-11(8)7-9(12)6-10/h8-9,12H,2-7,10H2,1H3/t8-,9-/m0/s1. The summed E-state index contributed by atoms with van der Waals surface area (Å²) in [5, 5.41) is 9.36. The van der Waals surface area contributed by atoms with E-state index in [4.69, 9.17) is 5.73 Å². The highest BCUT2D eigenvalue weighted by Crippen LogP contribution is 2.15. The fourth-order valence-corrected chi connectivity index (χ4v) is 1.77. The van der Waals surface area contributed by atoms with Crippen LogP contribution in [0.15, 0.2) is 0 Å². The first-order valence-electron chi connectivity index (χ1n) is 4.86. The Morgan fingerprint density at radius 2 is 2.33 bits per heavy atom. The molecule has 0 aliphatic carbocycles. The average Bonchev–Trinajstić information content (AvgIpc) is 2.09. The van der Waals surface area contributed by atoms with Gasteiger partial charge in [0.2, 0.25) is 0 Å².